The maximum absolute atomic E-state index is 12.1. The maximum atomic E-state index is 12.1. The molecule has 5 heteroatoms. The number of H-pyrrole nitrogens is 1. The van der Waals surface area contributed by atoms with Crippen molar-refractivity contribution in [1.82, 2.24) is 14.9 Å². The molecule has 0 spiro atoms. The smallest absolute Gasteiger partial charge is 0.254 e. The number of aromatic nitrogens is 2. The molecule has 0 amide bonds. The van der Waals surface area contributed by atoms with Crippen molar-refractivity contribution in [3.63, 3.8) is 0 Å². The fourth-order valence-electron chi connectivity index (χ4n) is 3.71. The predicted molar refractivity (Wildman–Crippen MR) is 92.5 cm³/mol. The Morgan fingerprint density at radius 1 is 1.25 bits per heavy atom. The van der Waals surface area contributed by atoms with Gasteiger partial charge in [-0.25, -0.2) is 4.98 Å². The van der Waals surface area contributed by atoms with Gasteiger partial charge in [-0.2, -0.15) is 0 Å². The van der Waals surface area contributed by atoms with Crippen LogP contribution in [0.4, 0.5) is 0 Å². The van der Waals surface area contributed by atoms with Crippen molar-refractivity contribution in [2.75, 3.05) is 19.7 Å². The summed E-state index contributed by atoms with van der Waals surface area (Å²) in [7, 11) is 0. The van der Waals surface area contributed by atoms with Crippen LogP contribution in [0.25, 0.3) is 0 Å². The number of nitrogens with zero attached hydrogens (tertiary/aromatic N) is 2. The third-order valence-electron chi connectivity index (χ3n) is 4.94. The minimum atomic E-state index is 0.0327. The first kappa shape index (κ1) is 15.4. The second kappa shape index (κ2) is 6.40. The first-order valence-electron chi connectivity index (χ1n) is 8.75. The van der Waals surface area contributed by atoms with Crippen LogP contribution >= 0.6 is 0 Å². The number of fused-ring (bicyclic) bond motifs is 2. The molecule has 0 fully saturated rings. The molecule has 3 heterocycles. The second-order valence-corrected chi connectivity index (χ2v) is 6.75. The third kappa shape index (κ3) is 3.08. The zero-order valence-corrected chi connectivity index (χ0v) is 14.1. The zero-order chi connectivity index (χ0) is 16.5. The number of hydrogen-bond acceptors (Lipinski definition) is 4. The molecule has 1 aromatic heterocycles. The molecule has 0 bridgehead atoms. The highest BCUT2D eigenvalue weighted by molar-refractivity contribution is 5.38. The molecule has 1 aromatic carbocycles. The summed E-state index contributed by atoms with van der Waals surface area (Å²) in [6, 6.07) is 6.55. The van der Waals surface area contributed by atoms with E-state index in [1.54, 1.807) is 0 Å². The van der Waals surface area contributed by atoms with E-state index in [1.165, 1.54) is 11.1 Å². The topological polar surface area (TPSA) is 58.2 Å². The van der Waals surface area contributed by atoms with Crippen molar-refractivity contribution >= 4 is 0 Å². The molecule has 0 aliphatic carbocycles. The molecule has 2 aliphatic heterocycles. The molecule has 4 rings (SSSR count). The van der Waals surface area contributed by atoms with Gasteiger partial charge in [0, 0.05) is 31.6 Å². The molecule has 0 atom stereocenters. The fraction of sp³-hybridized carbons (Fsp3) is 0.474. The van der Waals surface area contributed by atoms with Gasteiger partial charge in [-0.3, -0.25) is 9.69 Å². The minimum absolute atomic E-state index is 0.0327. The van der Waals surface area contributed by atoms with Crippen LogP contribution in [0.15, 0.2) is 23.0 Å². The summed E-state index contributed by atoms with van der Waals surface area (Å²) in [6.07, 6.45) is 3.82. The van der Waals surface area contributed by atoms with Gasteiger partial charge in [0.15, 0.2) is 0 Å². The molecule has 0 saturated heterocycles. The van der Waals surface area contributed by atoms with Crippen LogP contribution in [0, 0.1) is 6.92 Å². The van der Waals surface area contributed by atoms with Gasteiger partial charge in [0.25, 0.3) is 5.56 Å². The van der Waals surface area contributed by atoms with E-state index in [0.717, 1.165) is 68.9 Å². The van der Waals surface area contributed by atoms with E-state index in [9.17, 15) is 4.79 Å². The van der Waals surface area contributed by atoms with E-state index >= 15 is 0 Å². The molecule has 24 heavy (non-hydrogen) atoms. The second-order valence-electron chi connectivity index (χ2n) is 6.75. The van der Waals surface area contributed by atoms with Crippen LogP contribution in [0.3, 0.4) is 0 Å². The number of nitrogens with one attached hydrogen (secondary N) is 1. The molecule has 0 saturated carbocycles. The Bertz CT molecular complexity index is 813. The number of aromatic amines is 1. The lowest BCUT2D eigenvalue weighted by Gasteiger charge is -2.22. The molecule has 1 N–H and O–H groups in total. The Morgan fingerprint density at radius 3 is 3.04 bits per heavy atom. The van der Waals surface area contributed by atoms with Gasteiger partial charge < -0.3 is 9.72 Å². The maximum Gasteiger partial charge on any atom is 0.254 e. The summed E-state index contributed by atoms with van der Waals surface area (Å²) in [6.45, 7) is 5.43. The van der Waals surface area contributed by atoms with E-state index in [2.05, 4.69) is 33.1 Å². The Labute approximate surface area is 141 Å². The van der Waals surface area contributed by atoms with Crippen LogP contribution < -0.4 is 10.3 Å². The van der Waals surface area contributed by atoms with Crippen molar-refractivity contribution in [3.8, 4) is 5.75 Å². The van der Waals surface area contributed by atoms with Gasteiger partial charge in [-0.1, -0.05) is 12.1 Å². The lowest BCUT2D eigenvalue weighted by Crippen LogP contribution is -2.26. The monoisotopic (exact) mass is 325 g/mol. The van der Waals surface area contributed by atoms with Gasteiger partial charge in [-0.15, -0.1) is 0 Å². The lowest BCUT2D eigenvalue weighted by atomic mass is 10.0. The highest BCUT2D eigenvalue weighted by atomic mass is 16.5. The number of benzene rings is 1. The van der Waals surface area contributed by atoms with Crippen molar-refractivity contribution in [3.05, 3.63) is 56.8 Å². The fourth-order valence-corrected chi connectivity index (χ4v) is 3.71. The molecule has 2 aliphatic rings. The largest absolute Gasteiger partial charge is 0.493 e. The summed E-state index contributed by atoms with van der Waals surface area (Å²) < 4.78 is 5.70. The van der Waals surface area contributed by atoms with E-state index in [1.807, 2.05) is 6.92 Å². The van der Waals surface area contributed by atoms with Gasteiger partial charge in [0.2, 0.25) is 0 Å². The average molecular weight is 325 g/mol. The summed E-state index contributed by atoms with van der Waals surface area (Å²) in [5, 5.41) is 0. The van der Waals surface area contributed by atoms with Crippen LogP contribution in [-0.2, 0) is 25.8 Å². The van der Waals surface area contributed by atoms with E-state index < -0.39 is 0 Å². The number of rotatable bonds is 2. The van der Waals surface area contributed by atoms with E-state index in [-0.39, 0.29) is 5.56 Å². The van der Waals surface area contributed by atoms with Crippen LogP contribution in [0.2, 0.25) is 0 Å². The molecule has 0 radical (unpaired) electrons. The summed E-state index contributed by atoms with van der Waals surface area (Å²) >= 11 is 0. The SMILES string of the molecule is Cc1nc2c(c(=O)[nH]1)CCN(Cc1ccc3c(c1)CCCO3)CC2. The summed E-state index contributed by atoms with van der Waals surface area (Å²) in [5.74, 6) is 1.75. The number of hydrogen-bond donors (Lipinski definition) is 1. The van der Waals surface area contributed by atoms with Crippen molar-refractivity contribution in [1.29, 1.82) is 0 Å². The zero-order valence-electron chi connectivity index (χ0n) is 14.1. The quantitative estimate of drug-likeness (QED) is 0.917. The van der Waals surface area contributed by atoms with Crippen molar-refractivity contribution in [2.24, 2.45) is 0 Å². The molecule has 0 unspecified atom stereocenters. The van der Waals surface area contributed by atoms with Gasteiger partial charge >= 0.3 is 0 Å². The molecular formula is C19H23N3O2. The van der Waals surface area contributed by atoms with Crippen molar-refractivity contribution in [2.45, 2.75) is 39.2 Å². The molecule has 126 valence electrons. The first-order chi connectivity index (χ1) is 11.7. The minimum Gasteiger partial charge on any atom is -0.493 e. The Hall–Kier alpha value is -2.14. The van der Waals surface area contributed by atoms with Gasteiger partial charge in [-0.05, 0) is 43.4 Å². The Morgan fingerprint density at radius 2 is 2.12 bits per heavy atom. The Balaban J connectivity index is 1.49. The summed E-state index contributed by atoms with van der Waals surface area (Å²) in [5.41, 5.74) is 4.51. The third-order valence-corrected chi connectivity index (χ3v) is 4.94. The average Bonchev–Trinajstić information content (AvgIpc) is 2.77. The lowest BCUT2D eigenvalue weighted by molar-refractivity contribution is 0.275. The highest BCUT2D eigenvalue weighted by Crippen LogP contribution is 2.26. The number of ether oxygens (including phenoxy) is 1. The van der Waals surface area contributed by atoms with Crippen LogP contribution in [-0.4, -0.2) is 34.6 Å². The highest BCUT2D eigenvalue weighted by Gasteiger charge is 2.19. The van der Waals surface area contributed by atoms with Crippen LogP contribution in [0.5, 0.6) is 5.75 Å². The standard InChI is InChI=1S/C19H23N3O2/c1-13-20-17-7-9-22(8-6-16(17)19(23)21-13)12-14-4-5-18-15(11-14)3-2-10-24-18/h4-5,11H,2-3,6-10,12H2,1H3,(H,20,21,23). The van der Waals surface area contributed by atoms with E-state index in [0.29, 0.717) is 5.82 Å². The van der Waals surface area contributed by atoms with Crippen LogP contribution in [0.1, 0.15) is 34.6 Å². The molecule has 2 aromatic rings. The first-order valence-corrected chi connectivity index (χ1v) is 8.75. The van der Waals surface area contributed by atoms with Crippen molar-refractivity contribution < 1.29 is 4.74 Å². The predicted octanol–water partition coefficient (Wildman–Crippen LogP) is 2.00. The molecule has 5 nitrogen and oxygen atoms in total. The van der Waals surface area contributed by atoms with Gasteiger partial charge in [0.05, 0.1) is 12.3 Å². The van der Waals surface area contributed by atoms with Gasteiger partial charge in [0.1, 0.15) is 11.6 Å². The number of aryl methyl sites for hydroxylation is 2. The summed E-state index contributed by atoms with van der Waals surface area (Å²) in [4.78, 5) is 21.9. The Kier molecular flexibility index (Phi) is 4.10. The molecular weight excluding hydrogens is 302 g/mol. The van der Waals surface area contributed by atoms with E-state index in [4.69, 9.17) is 4.74 Å². The normalized spacial score (nSPS) is 17.5.